The zero-order valence-corrected chi connectivity index (χ0v) is 13.4. The number of sulfone groups is 1. The number of ether oxygens (including phenoxy) is 1. The van der Waals surface area contributed by atoms with Crippen LogP contribution < -0.4 is 5.32 Å². The van der Waals surface area contributed by atoms with Gasteiger partial charge in [0.25, 0.3) is 0 Å². The molecule has 2 atom stereocenters. The molecule has 0 bridgehead atoms. The minimum Gasteiger partial charge on any atom is -0.374 e. The molecule has 5 heteroatoms. The highest BCUT2D eigenvalue weighted by Gasteiger charge is 2.36. The van der Waals surface area contributed by atoms with Crippen LogP contribution in [0, 0.1) is 0 Å². The van der Waals surface area contributed by atoms with E-state index in [2.05, 4.69) is 19.2 Å². The summed E-state index contributed by atoms with van der Waals surface area (Å²) >= 11 is 0. The van der Waals surface area contributed by atoms with Gasteiger partial charge in [0, 0.05) is 24.7 Å². The van der Waals surface area contributed by atoms with Gasteiger partial charge in [-0.2, -0.15) is 0 Å². The van der Waals surface area contributed by atoms with E-state index in [1.54, 1.807) is 0 Å². The van der Waals surface area contributed by atoms with Crippen molar-refractivity contribution in [3.8, 4) is 0 Å². The monoisotopic (exact) mass is 291 g/mol. The largest absolute Gasteiger partial charge is 0.374 e. The molecule has 0 aromatic rings. The smallest absolute Gasteiger partial charge is 0.147 e. The first-order chi connectivity index (χ1) is 8.87. The lowest BCUT2D eigenvalue weighted by Gasteiger charge is -2.41. The maximum absolute atomic E-state index is 11.2. The normalized spacial score (nSPS) is 26.3. The van der Waals surface area contributed by atoms with Crippen LogP contribution >= 0.6 is 0 Å². The van der Waals surface area contributed by atoms with Crippen LogP contribution in [0.25, 0.3) is 0 Å². The molecule has 0 saturated carbocycles. The Labute approximate surface area is 118 Å². The summed E-state index contributed by atoms with van der Waals surface area (Å²) in [5, 5.41) is 3.55. The summed E-state index contributed by atoms with van der Waals surface area (Å²) < 4.78 is 28.5. The lowest BCUT2D eigenvalue weighted by atomic mass is 9.85. The topological polar surface area (TPSA) is 55.4 Å². The highest BCUT2D eigenvalue weighted by molar-refractivity contribution is 7.90. The van der Waals surface area contributed by atoms with Gasteiger partial charge in [-0.05, 0) is 52.0 Å². The first-order valence-corrected chi connectivity index (χ1v) is 9.48. The number of hydrogen-bond acceptors (Lipinski definition) is 4. The van der Waals surface area contributed by atoms with Crippen molar-refractivity contribution < 1.29 is 13.2 Å². The van der Waals surface area contributed by atoms with E-state index < -0.39 is 9.84 Å². The first-order valence-electron chi connectivity index (χ1n) is 7.42. The summed E-state index contributed by atoms with van der Waals surface area (Å²) in [5.74, 6) is 0.271. The van der Waals surface area contributed by atoms with Crippen molar-refractivity contribution in [2.24, 2.45) is 0 Å². The van der Waals surface area contributed by atoms with Gasteiger partial charge in [-0.1, -0.05) is 6.92 Å². The van der Waals surface area contributed by atoms with Gasteiger partial charge in [-0.3, -0.25) is 0 Å². The van der Waals surface area contributed by atoms with Gasteiger partial charge in [0.2, 0.25) is 0 Å². The average Bonchev–Trinajstić information content (AvgIpc) is 2.33. The first kappa shape index (κ1) is 16.9. The molecule has 0 radical (unpaired) electrons. The van der Waals surface area contributed by atoms with Crippen LogP contribution in [-0.4, -0.2) is 45.2 Å². The molecule has 1 saturated heterocycles. The third-order valence-corrected chi connectivity index (χ3v) is 4.92. The summed E-state index contributed by atoms with van der Waals surface area (Å²) in [6.07, 6.45) is 7.36. The molecule has 0 aliphatic carbocycles. The summed E-state index contributed by atoms with van der Waals surface area (Å²) in [4.78, 5) is 0. The Bertz CT molecular complexity index is 348. The summed E-state index contributed by atoms with van der Waals surface area (Å²) in [7, 11) is -2.86. The second-order valence-electron chi connectivity index (χ2n) is 5.90. The van der Waals surface area contributed by atoms with Crippen molar-refractivity contribution >= 4 is 9.84 Å². The Morgan fingerprint density at radius 2 is 2.11 bits per heavy atom. The molecule has 1 aliphatic rings. The van der Waals surface area contributed by atoms with Gasteiger partial charge in [0.15, 0.2) is 0 Å². The molecule has 0 spiro atoms. The van der Waals surface area contributed by atoms with Gasteiger partial charge >= 0.3 is 0 Å². The fourth-order valence-corrected chi connectivity index (χ4v) is 3.41. The van der Waals surface area contributed by atoms with E-state index in [4.69, 9.17) is 4.74 Å². The van der Waals surface area contributed by atoms with Crippen LogP contribution in [0.1, 0.15) is 52.4 Å². The fourth-order valence-electron chi connectivity index (χ4n) is 2.72. The lowest BCUT2D eigenvalue weighted by molar-refractivity contribution is -0.0900. The molecule has 1 N–H and O–H groups in total. The van der Waals surface area contributed by atoms with Crippen LogP contribution in [-0.2, 0) is 14.6 Å². The van der Waals surface area contributed by atoms with Crippen LogP contribution in [0.4, 0.5) is 0 Å². The molecule has 0 aromatic heterocycles. The van der Waals surface area contributed by atoms with Crippen LogP contribution in [0.2, 0.25) is 0 Å². The van der Waals surface area contributed by atoms with Crippen molar-refractivity contribution in [1.82, 2.24) is 5.32 Å². The number of rotatable bonds is 8. The molecular formula is C14H29NO3S. The minimum atomic E-state index is -2.86. The van der Waals surface area contributed by atoms with Crippen molar-refractivity contribution in [2.75, 3.05) is 25.2 Å². The highest BCUT2D eigenvalue weighted by atomic mass is 32.2. The molecule has 0 aromatic carbocycles. The summed E-state index contributed by atoms with van der Waals surface area (Å²) in [6.45, 7) is 6.10. The quantitative estimate of drug-likeness (QED) is 0.744. The standard InChI is InChI=1S/C14H29NO3S/c1-4-10-15-13(8-7-12-19(3,16)17)14(2)9-5-6-11-18-14/h13,15H,4-12H2,1-3H3. The fraction of sp³-hybridized carbons (Fsp3) is 1.00. The van der Waals surface area contributed by atoms with E-state index in [1.807, 2.05) is 0 Å². The Morgan fingerprint density at radius 3 is 2.63 bits per heavy atom. The van der Waals surface area contributed by atoms with Gasteiger partial charge in [-0.15, -0.1) is 0 Å². The molecule has 1 fully saturated rings. The van der Waals surface area contributed by atoms with Gasteiger partial charge in [0.05, 0.1) is 5.60 Å². The zero-order valence-electron chi connectivity index (χ0n) is 12.6. The maximum atomic E-state index is 11.2. The van der Waals surface area contributed by atoms with E-state index in [0.717, 1.165) is 38.8 Å². The maximum Gasteiger partial charge on any atom is 0.147 e. The van der Waals surface area contributed by atoms with Crippen LogP contribution in [0.3, 0.4) is 0 Å². The molecule has 2 unspecified atom stereocenters. The predicted octanol–water partition coefficient (Wildman–Crippen LogP) is 2.14. The van der Waals surface area contributed by atoms with Gasteiger partial charge < -0.3 is 10.1 Å². The van der Waals surface area contributed by atoms with E-state index in [-0.39, 0.29) is 17.4 Å². The SMILES string of the molecule is CCCNC(CCCS(C)(=O)=O)C1(C)CCCCO1. The third-order valence-electron chi connectivity index (χ3n) is 3.89. The highest BCUT2D eigenvalue weighted by Crippen LogP contribution is 2.30. The second kappa shape index (κ2) is 7.60. The Kier molecular flexibility index (Phi) is 6.77. The van der Waals surface area contributed by atoms with Crippen LogP contribution in [0.15, 0.2) is 0 Å². The van der Waals surface area contributed by atoms with Crippen molar-refractivity contribution in [1.29, 1.82) is 0 Å². The Hall–Kier alpha value is -0.130. The average molecular weight is 291 g/mol. The molecular weight excluding hydrogens is 262 g/mol. The van der Waals surface area contributed by atoms with Crippen LogP contribution in [0.5, 0.6) is 0 Å². The van der Waals surface area contributed by atoms with Crippen molar-refractivity contribution in [2.45, 2.75) is 64.0 Å². The molecule has 19 heavy (non-hydrogen) atoms. The lowest BCUT2D eigenvalue weighted by Crippen LogP contribution is -2.52. The summed E-state index contributed by atoms with van der Waals surface area (Å²) in [5.41, 5.74) is -0.134. The predicted molar refractivity (Wildman–Crippen MR) is 79.2 cm³/mol. The van der Waals surface area contributed by atoms with E-state index in [9.17, 15) is 8.42 Å². The van der Waals surface area contributed by atoms with Gasteiger partial charge in [-0.25, -0.2) is 8.42 Å². The minimum absolute atomic E-state index is 0.134. The Balaban J connectivity index is 2.54. The van der Waals surface area contributed by atoms with Crippen molar-refractivity contribution in [3.05, 3.63) is 0 Å². The van der Waals surface area contributed by atoms with Crippen molar-refractivity contribution in [3.63, 3.8) is 0 Å². The van der Waals surface area contributed by atoms with Gasteiger partial charge in [0.1, 0.15) is 9.84 Å². The van der Waals surface area contributed by atoms with E-state index >= 15 is 0 Å². The zero-order chi connectivity index (χ0) is 14.4. The molecule has 1 heterocycles. The molecule has 114 valence electrons. The summed E-state index contributed by atoms with van der Waals surface area (Å²) in [6, 6.07) is 0.259. The second-order valence-corrected chi connectivity index (χ2v) is 8.16. The number of hydrogen-bond donors (Lipinski definition) is 1. The Morgan fingerprint density at radius 1 is 1.37 bits per heavy atom. The molecule has 0 amide bonds. The molecule has 1 rings (SSSR count). The third kappa shape index (κ3) is 6.23. The number of nitrogens with one attached hydrogen (secondary N) is 1. The molecule has 1 aliphatic heterocycles. The van der Waals surface area contributed by atoms with E-state index in [0.29, 0.717) is 6.42 Å². The van der Waals surface area contributed by atoms with E-state index in [1.165, 1.54) is 12.7 Å². The molecule has 4 nitrogen and oxygen atoms in total.